The van der Waals surface area contributed by atoms with Gasteiger partial charge in [-0.15, -0.1) is 11.3 Å². The van der Waals surface area contributed by atoms with Crippen molar-refractivity contribution in [2.24, 2.45) is 0 Å². The van der Waals surface area contributed by atoms with Crippen LogP contribution < -0.4 is 0 Å². The summed E-state index contributed by atoms with van der Waals surface area (Å²) in [4.78, 5) is 0.207. The quantitative estimate of drug-likeness (QED) is 0.851. The second-order valence-electron chi connectivity index (χ2n) is 3.65. The lowest BCUT2D eigenvalue weighted by molar-refractivity contribution is -0.136. The summed E-state index contributed by atoms with van der Waals surface area (Å²) in [5.41, 5.74) is 0. The molecule has 0 aliphatic heterocycles. The molecule has 19 heavy (non-hydrogen) atoms. The Bertz CT molecular complexity index is 541. The van der Waals surface area contributed by atoms with Crippen molar-refractivity contribution in [2.75, 3.05) is 19.7 Å². The Morgan fingerprint density at radius 3 is 2.42 bits per heavy atom. The number of aliphatic hydroxyl groups is 1. The lowest BCUT2D eigenvalue weighted by Crippen LogP contribution is -2.40. The van der Waals surface area contributed by atoms with Crippen LogP contribution in [0.5, 0.6) is 0 Å². The molecule has 110 valence electrons. The summed E-state index contributed by atoms with van der Waals surface area (Å²) in [6.07, 6.45) is -4.66. The van der Waals surface area contributed by atoms with Gasteiger partial charge in [-0.25, -0.2) is 8.42 Å². The number of aliphatic hydroxyl groups excluding tert-OH is 1. The molecule has 0 unspecified atom stereocenters. The van der Waals surface area contributed by atoms with E-state index in [-0.39, 0.29) is 9.20 Å². The van der Waals surface area contributed by atoms with Crippen LogP contribution in [0.2, 0.25) is 0 Å². The predicted molar refractivity (Wildman–Crippen MR) is 68.7 cm³/mol. The van der Waals surface area contributed by atoms with E-state index in [1.165, 1.54) is 13.0 Å². The van der Waals surface area contributed by atoms with Crippen LogP contribution in [0.3, 0.4) is 0 Å². The lowest BCUT2D eigenvalue weighted by Gasteiger charge is -2.22. The fraction of sp³-hybridized carbons (Fsp3) is 0.556. The van der Waals surface area contributed by atoms with Gasteiger partial charge in [-0.3, -0.25) is 0 Å². The zero-order valence-corrected chi connectivity index (χ0v) is 13.0. The van der Waals surface area contributed by atoms with Crippen LogP contribution in [0.25, 0.3) is 0 Å². The van der Waals surface area contributed by atoms with Crippen LogP contribution in [0.4, 0.5) is 13.2 Å². The Kier molecular flexibility index (Phi) is 5.41. The van der Waals surface area contributed by atoms with E-state index in [0.717, 1.165) is 11.3 Å². The van der Waals surface area contributed by atoms with Gasteiger partial charge < -0.3 is 5.11 Å². The number of alkyl halides is 3. The smallest absolute Gasteiger partial charge is 0.395 e. The molecule has 0 spiro atoms. The summed E-state index contributed by atoms with van der Waals surface area (Å²) < 4.78 is 62.2. The first-order valence-electron chi connectivity index (χ1n) is 5.01. The van der Waals surface area contributed by atoms with Crippen molar-refractivity contribution in [3.8, 4) is 0 Å². The number of halogens is 4. The maximum Gasteiger partial charge on any atom is 0.402 e. The zero-order chi connectivity index (χ0) is 14.8. The third-order valence-corrected chi connectivity index (χ3v) is 5.82. The van der Waals surface area contributed by atoms with E-state index in [0.29, 0.717) is 8.66 Å². The first-order chi connectivity index (χ1) is 8.58. The summed E-state index contributed by atoms with van der Waals surface area (Å²) in [5, 5.41) is 8.74. The predicted octanol–water partition coefficient (Wildman–Crippen LogP) is 2.36. The van der Waals surface area contributed by atoms with Gasteiger partial charge in [0.25, 0.3) is 0 Å². The molecule has 0 bridgehead atoms. The minimum Gasteiger partial charge on any atom is -0.395 e. The Morgan fingerprint density at radius 2 is 2.05 bits per heavy atom. The second kappa shape index (κ2) is 6.08. The van der Waals surface area contributed by atoms with Crippen molar-refractivity contribution in [1.82, 2.24) is 4.31 Å². The Labute approximate surface area is 121 Å². The molecule has 10 heteroatoms. The molecule has 0 fully saturated rings. The minimum atomic E-state index is -4.66. The molecule has 0 amide bonds. The summed E-state index contributed by atoms with van der Waals surface area (Å²) in [6.45, 7) is -1.40. The monoisotopic (exact) mass is 381 g/mol. The average Bonchev–Trinajstić information content (AvgIpc) is 2.56. The highest BCUT2D eigenvalue weighted by molar-refractivity contribution is 9.11. The molecule has 4 nitrogen and oxygen atoms in total. The van der Waals surface area contributed by atoms with E-state index in [2.05, 4.69) is 15.9 Å². The van der Waals surface area contributed by atoms with Gasteiger partial charge in [0.15, 0.2) is 0 Å². The van der Waals surface area contributed by atoms with Crippen molar-refractivity contribution in [3.05, 3.63) is 14.7 Å². The molecular formula is C9H11BrF3NO3S2. The van der Waals surface area contributed by atoms with Gasteiger partial charge in [0.05, 0.1) is 15.3 Å². The van der Waals surface area contributed by atoms with E-state index in [1.54, 1.807) is 0 Å². The number of nitrogens with zero attached hydrogens (tertiary/aromatic N) is 1. The Hall–Kier alpha value is -0.160. The molecule has 1 aromatic rings. The number of thiophene rings is 1. The van der Waals surface area contributed by atoms with Crippen LogP contribution in [-0.4, -0.2) is 43.7 Å². The molecule has 1 aromatic heterocycles. The maximum absolute atomic E-state index is 12.4. The molecule has 0 saturated carbocycles. The van der Waals surface area contributed by atoms with Crippen molar-refractivity contribution in [2.45, 2.75) is 18.0 Å². The molecular weight excluding hydrogens is 371 g/mol. The molecule has 0 aliphatic carbocycles. The highest BCUT2D eigenvalue weighted by atomic mass is 79.9. The summed E-state index contributed by atoms with van der Waals surface area (Å²) >= 11 is 4.21. The van der Waals surface area contributed by atoms with Crippen molar-refractivity contribution in [1.29, 1.82) is 0 Å². The zero-order valence-electron chi connectivity index (χ0n) is 9.74. The van der Waals surface area contributed by atoms with Gasteiger partial charge >= 0.3 is 6.18 Å². The third-order valence-electron chi connectivity index (χ3n) is 2.17. The number of rotatable bonds is 5. The molecule has 0 atom stereocenters. The minimum absolute atomic E-state index is 0.179. The first kappa shape index (κ1) is 16.9. The fourth-order valence-electron chi connectivity index (χ4n) is 1.42. The van der Waals surface area contributed by atoms with Crippen LogP contribution >= 0.6 is 27.3 Å². The molecule has 0 aliphatic rings. The van der Waals surface area contributed by atoms with E-state index >= 15 is 0 Å². The number of sulfonamides is 1. The topological polar surface area (TPSA) is 57.6 Å². The summed E-state index contributed by atoms with van der Waals surface area (Å²) in [7, 11) is -4.27. The van der Waals surface area contributed by atoms with Crippen LogP contribution in [0, 0.1) is 6.92 Å². The second-order valence-corrected chi connectivity index (χ2v) is 8.19. The SMILES string of the molecule is Cc1sc(Br)cc1S(=O)(=O)N(CCO)CC(F)(F)F. The van der Waals surface area contributed by atoms with Gasteiger partial charge in [0.1, 0.15) is 6.54 Å². The third kappa shape index (κ3) is 4.42. The molecule has 0 radical (unpaired) electrons. The van der Waals surface area contributed by atoms with Crippen molar-refractivity contribution >= 4 is 37.3 Å². The van der Waals surface area contributed by atoms with Crippen molar-refractivity contribution in [3.63, 3.8) is 0 Å². The van der Waals surface area contributed by atoms with Gasteiger partial charge in [-0.1, -0.05) is 0 Å². The Morgan fingerprint density at radius 1 is 1.47 bits per heavy atom. The number of aryl methyl sites for hydroxylation is 1. The number of hydrogen-bond donors (Lipinski definition) is 1. The van der Waals surface area contributed by atoms with Crippen LogP contribution in [-0.2, 0) is 10.0 Å². The normalized spacial score (nSPS) is 13.2. The van der Waals surface area contributed by atoms with E-state index in [1.807, 2.05) is 0 Å². The highest BCUT2D eigenvalue weighted by Gasteiger charge is 2.37. The van der Waals surface area contributed by atoms with Crippen LogP contribution in [0.1, 0.15) is 4.88 Å². The molecule has 0 aromatic carbocycles. The van der Waals surface area contributed by atoms with Gasteiger partial charge in [-0.05, 0) is 28.9 Å². The van der Waals surface area contributed by atoms with Gasteiger partial charge in [0, 0.05) is 11.4 Å². The standard InChI is InChI=1S/C9H11BrF3NO3S2/c1-6-7(4-8(10)18-6)19(16,17)14(2-3-15)5-9(11,12)13/h4,15H,2-3,5H2,1H3. The first-order valence-corrected chi connectivity index (χ1v) is 8.06. The average molecular weight is 382 g/mol. The van der Waals surface area contributed by atoms with E-state index in [4.69, 9.17) is 5.11 Å². The molecule has 1 heterocycles. The molecule has 0 saturated heterocycles. The van der Waals surface area contributed by atoms with E-state index < -0.39 is 35.9 Å². The number of hydrogen-bond acceptors (Lipinski definition) is 4. The highest BCUT2D eigenvalue weighted by Crippen LogP contribution is 2.32. The van der Waals surface area contributed by atoms with Crippen molar-refractivity contribution < 1.29 is 26.7 Å². The van der Waals surface area contributed by atoms with Gasteiger partial charge in [-0.2, -0.15) is 17.5 Å². The summed E-state index contributed by atoms with van der Waals surface area (Å²) in [6, 6.07) is 1.26. The lowest BCUT2D eigenvalue weighted by atomic mass is 10.5. The van der Waals surface area contributed by atoms with Gasteiger partial charge in [0.2, 0.25) is 10.0 Å². The largest absolute Gasteiger partial charge is 0.402 e. The van der Waals surface area contributed by atoms with E-state index in [9.17, 15) is 21.6 Å². The Balaban J connectivity index is 3.16. The fourth-order valence-corrected chi connectivity index (χ4v) is 5.22. The summed E-state index contributed by atoms with van der Waals surface area (Å²) in [5.74, 6) is 0. The molecule has 1 rings (SSSR count). The maximum atomic E-state index is 12.4. The molecule has 1 N–H and O–H groups in total. The van der Waals surface area contributed by atoms with Crippen LogP contribution in [0.15, 0.2) is 14.7 Å².